The number of nitrogens with zero attached hydrogens (tertiary/aromatic N) is 3. The number of halogens is 1. The largest absolute Gasteiger partial charge is 0.479 e. The van der Waals surface area contributed by atoms with Gasteiger partial charge in [0.25, 0.3) is 5.91 Å². The Morgan fingerprint density at radius 1 is 1.52 bits per heavy atom. The average molecular weight is 314 g/mol. The van der Waals surface area contributed by atoms with Gasteiger partial charge in [-0.3, -0.25) is 9.69 Å². The highest BCUT2D eigenvalue weighted by Crippen LogP contribution is 2.24. The summed E-state index contributed by atoms with van der Waals surface area (Å²) in [5.41, 5.74) is 0.101. The molecule has 0 aromatic carbocycles. The molecule has 0 radical (unpaired) electrons. The van der Waals surface area contributed by atoms with Gasteiger partial charge in [0.2, 0.25) is 5.88 Å². The van der Waals surface area contributed by atoms with Gasteiger partial charge in [0, 0.05) is 6.54 Å². The van der Waals surface area contributed by atoms with Crippen molar-refractivity contribution in [2.45, 2.75) is 25.9 Å². The number of anilines is 1. The maximum atomic E-state index is 12.3. The first-order valence-electron chi connectivity index (χ1n) is 6.93. The fourth-order valence-electron chi connectivity index (χ4n) is 2.28. The number of hydrogen-bond acceptors (Lipinski definition) is 6. The molecular formula is C13H20ClN5O2. The molecule has 116 valence electrons. The van der Waals surface area contributed by atoms with E-state index < -0.39 is 0 Å². The number of likely N-dealkylation sites (tertiary alicyclic amines) is 1. The second-order valence-corrected chi connectivity index (χ2v) is 5.22. The zero-order valence-electron chi connectivity index (χ0n) is 12.4. The van der Waals surface area contributed by atoms with E-state index in [4.69, 9.17) is 16.3 Å². The van der Waals surface area contributed by atoms with Crippen LogP contribution in [0.2, 0.25) is 5.15 Å². The van der Waals surface area contributed by atoms with Crippen molar-refractivity contribution in [3.05, 3.63) is 10.8 Å². The van der Waals surface area contributed by atoms with Crippen LogP contribution in [0.1, 0.15) is 30.3 Å². The molecule has 1 saturated heterocycles. The van der Waals surface area contributed by atoms with Gasteiger partial charge in [0.05, 0.1) is 13.3 Å². The molecule has 2 rings (SSSR count). The van der Waals surface area contributed by atoms with Crippen LogP contribution in [0.25, 0.3) is 0 Å². The van der Waals surface area contributed by atoms with Crippen molar-refractivity contribution in [2.24, 2.45) is 0 Å². The van der Waals surface area contributed by atoms with Crippen molar-refractivity contribution < 1.29 is 9.53 Å². The molecule has 0 spiro atoms. The Morgan fingerprint density at radius 2 is 2.29 bits per heavy atom. The van der Waals surface area contributed by atoms with Gasteiger partial charge in [0.15, 0.2) is 16.7 Å². The number of carbonyl (C=O) groups excluding carboxylic acids is 1. The number of rotatable bonds is 5. The molecule has 7 nitrogen and oxygen atoms in total. The molecule has 2 N–H and O–H groups in total. The summed E-state index contributed by atoms with van der Waals surface area (Å²) in [5.74, 6) is 0.238. The van der Waals surface area contributed by atoms with Crippen LogP contribution < -0.4 is 15.4 Å². The molecule has 1 aromatic heterocycles. The zero-order valence-corrected chi connectivity index (χ0v) is 13.2. The lowest BCUT2D eigenvalue weighted by molar-refractivity contribution is 0.0890. The number of methoxy groups -OCH3 is 1. The smallest absolute Gasteiger partial charge is 0.276 e. The van der Waals surface area contributed by atoms with Gasteiger partial charge < -0.3 is 15.4 Å². The Morgan fingerprint density at radius 3 is 2.86 bits per heavy atom. The molecule has 1 fully saturated rings. The number of carbonyl (C=O) groups is 1. The molecule has 1 atom stereocenters. The lowest BCUT2D eigenvalue weighted by Crippen LogP contribution is -2.42. The van der Waals surface area contributed by atoms with Gasteiger partial charge >= 0.3 is 0 Å². The monoisotopic (exact) mass is 313 g/mol. The number of nitrogens with one attached hydrogen (secondary N) is 2. The van der Waals surface area contributed by atoms with Crippen LogP contribution >= 0.6 is 11.6 Å². The molecule has 0 saturated carbocycles. The van der Waals surface area contributed by atoms with Crippen LogP contribution in [0.5, 0.6) is 5.88 Å². The van der Waals surface area contributed by atoms with E-state index in [2.05, 4.69) is 25.5 Å². The van der Waals surface area contributed by atoms with Gasteiger partial charge in [-0.15, -0.1) is 0 Å². The SMILES string of the molecule is CCNc1nc(OC)c(C(=O)NC2CCCN2C)nc1Cl. The first kappa shape index (κ1) is 15.8. The summed E-state index contributed by atoms with van der Waals surface area (Å²) in [6.45, 7) is 3.53. The number of ether oxygens (including phenoxy) is 1. The van der Waals surface area contributed by atoms with Crippen molar-refractivity contribution >= 4 is 23.3 Å². The van der Waals surface area contributed by atoms with E-state index in [-0.39, 0.29) is 28.8 Å². The van der Waals surface area contributed by atoms with Gasteiger partial charge in [-0.1, -0.05) is 11.6 Å². The summed E-state index contributed by atoms with van der Waals surface area (Å²) in [6.07, 6.45) is 1.99. The molecule has 1 unspecified atom stereocenters. The quantitative estimate of drug-likeness (QED) is 0.854. The van der Waals surface area contributed by atoms with E-state index in [0.717, 1.165) is 19.4 Å². The van der Waals surface area contributed by atoms with Crippen LogP contribution in [0.3, 0.4) is 0 Å². The summed E-state index contributed by atoms with van der Waals surface area (Å²) < 4.78 is 5.15. The van der Waals surface area contributed by atoms with Crippen molar-refractivity contribution in [1.29, 1.82) is 0 Å². The van der Waals surface area contributed by atoms with E-state index in [1.54, 1.807) is 0 Å². The molecule has 0 aliphatic carbocycles. The minimum atomic E-state index is -0.331. The molecule has 8 heteroatoms. The molecule has 2 heterocycles. The Bertz CT molecular complexity index is 526. The highest BCUT2D eigenvalue weighted by atomic mass is 35.5. The fourth-order valence-corrected chi connectivity index (χ4v) is 2.48. The normalized spacial score (nSPS) is 18.6. The second kappa shape index (κ2) is 6.91. The predicted molar refractivity (Wildman–Crippen MR) is 80.9 cm³/mol. The molecule has 1 aliphatic rings. The molecule has 21 heavy (non-hydrogen) atoms. The van der Waals surface area contributed by atoms with Crippen LogP contribution in [0.4, 0.5) is 5.82 Å². The van der Waals surface area contributed by atoms with Crippen LogP contribution in [0, 0.1) is 0 Å². The van der Waals surface area contributed by atoms with Crippen molar-refractivity contribution in [3.63, 3.8) is 0 Å². The van der Waals surface area contributed by atoms with E-state index in [1.807, 2.05) is 14.0 Å². The minimum absolute atomic E-state index is 0.0104. The van der Waals surface area contributed by atoms with Gasteiger partial charge in [-0.05, 0) is 33.4 Å². The van der Waals surface area contributed by atoms with Crippen molar-refractivity contribution in [3.8, 4) is 5.88 Å². The summed E-state index contributed by atoms with van der Waals surface area (Å²) in [7, 11) is 3.42. The average Bonchev–Trinajstić information content (AvgIpc) is 2.86. The van der Waals surface area contributed by atoms with Crippen LogP contribution in [-0.2, 0) is 0 Å². The molecule has 0 bridgehead atoms. The van der Waals surface area contributed by atoms with Crippen LogP contribution in [0.15, 0.2) is 0 Å². The third kappa shape index (κ3) is 3.54. The summed E-state index contributed by atoms with van der Waals surface area (Å²) in [6, 6.07) is 0. The Hall–Kier alpha value is -1.60. The standard InChI is InChI=1S/C13H20ClN5O2/c1-4-15-11-10(14)17-9(13(18-11)21-3)12(20)16-8-6-5-7-19(8)2/h8H,4-7H2,1-3H3,(H,15,18)(H,16,20). The van der Waals surface area contributed by atoms with E-state index >= 15 is 0 Å². The van der Waals surface area contributed by atoms with E-state index in [0.29, 0.717) is 12.4 Å². The van der Waals surface area contributed by atoms with Crippen molar-refractivity contribution in [1.82, 2.24) is 20.2 Å². The maximum absolute atomic E-state index is 12.3. The number of hydrogen-bond donors (Lipinski definition) is 2. The number of amides is 1. The molecule has 1 aromatic rings. The number of aromatic nitrogens is 2. The summed E-state index contributed by atoms with van der Waals surface area (Å²) in [4.78, 5) is 22.7. The first-order chi connectivity index (χ1) is 10.1. The van der Waals surface area contributed by atoms with Gasteiger partial charge in [-0.2, -0.15) is 4.98 Å². The third-order valence-corrected chi connectivity index (χ3v) is 3.66. The maximum Gasteiger partial charge on any atom is 0.276 e. The fraction of sp³-hybridized carbons (Fsp3) is 0.615. The summed E-state index contributed by atoms with van der Waals surface area (Å²) in [5, 5.41) is 6.05. The predicted octanol–water partition coefficient (Wildman–Crippen LogP) is 1.35. The molecule has 1 aliphatic heterocycles. The topological polar surface area (TPSA) is 79.4 Å². The summed E-state index contributed by atoms with van der Waals surface area (Å²) >= 11 is 6.04. The lowest BCUT2D eigenvalue weighted by atomic mass is 10.3. The minimum Gasteiger partial charge on any atom is -0.479 e. The third-order valence-electron chi connectivity index (χ3n) is 3.39. The Kier molecular flexibility index (Phi) is 5.19. The highest BCUT2D eigenvalue weighted by molar-refractivity contribution is 6.31. The van der Waals surface area contributed by atoms with E-state index in [9.17, 15) is 4.79 Å². The first-order valence-corrected chi connectivity index (χ1v) is 7.31. The highest BCUT2D eigenvalue weighted by Gasteiger charge is 2.26. The Balaban J connectivity index is 2.21. The van der Waals surface area contributed by atoms with Gasteiger partial charge in [-0.25, -0.2) is 4.98 Å². The zero-order chi connectivity index (χ0) is 15.4. The van der Waals surface area contributed by atoms with Crippen molar-refractivity contribution in [2.75, 3.05) is 32.6 Å². The second-order valence-electron chi connectivity index (χ2n) is 4.86. The molecule has 1 amide bonds. The Labute approximate surface area is 129 Å². The van der Waals surface area contributed by atoms with E-state index in [1.165, 1.54) is 7.11 Å². The molecular weight excluding hydrogens is 294 g/mol. The van der Waals surface area contributed by atoms with Gasteiger partial charge in [0.1, 0.15) is 0 Å². The lowest BCUT2D eigenvalue weighted by Gasteiger charge is -2.21. The van der Waals surface area contributed by atoms with Crippen LogP contribution in [-0.4, -0.2) is 54.2 Å².